The Bertz CT molecular complexity index is 516. The van der Waals surface area contributed by atoms with Crippen LogP contribution in [0.15, 0.2) is 29.3 Å². The molecule has 0 aliphatic carbocycles. The summed E-state index contributed by atoms with van der Waals surface area (Å²) in [4.78, 5) is 12.7. The van der Waals surface area contributed by atoms with Crippen molar-refractivity contribution in [2.24, 2.45) is 0 Å². The summed E-state index contributed by atoms with van der Waals surface area (Å²) in [7, 11) is 0. The number of nitrogen functional groups attached to an aromatic ring is 1. The zero-order valence-corrected chi connectivity index (χ0v) is 9.12. The number of aryl methyl sites for hydroxylation is 1. The Morgan fingerprint density at radius 2 is 2.40 bits per heavy atom. The van der Waals surface area contributed by atoms with E-state index in [2.05, 4.69) is 4.37 Å². The molecule has 5 heteroatoms. The van der Waals surface area contributed by atoms with Gasteiger partial charge < -0.3 is 10.3 Å². The van der Waals surface area contributed by atoms with Gasteiger partial charge in [0.25, 0.3) is 5.56 Å². The Labute approximate surface area is 91.2 Å². The average Bonchev–Trinajstić information content (AvgIpc) is 2.67. The SMILES string of the molecule is Cc1cc(=O)n(Cc2ccns2)cc1N. The van der Waals surface area contributed by atoms with Crippen molar-refractivity contribution in [3.63, 3.8) is 0 Å². The molecule has 0 aliphatic heterocycles. The largest absolute Gasteiger partial charge is 0.397 e. The van der Waals surface area contributed by atoms with Crippen LogP contribution in [0.5, 0.6) is 0 Å². The second-order valence-electron chi connectivity index (χ2n) is 3.36. The molecular formula is C10H11N3OS. The number of nitrogens with zero attached hydrogens (tertiary/aromatic N) is 2. The number of pyridine rings is 1. The quantitative estimate of drug-likeness (QED) is 0.830. The number of aromatic nitrogens is 2. The van der Waals surface area contributed by atoms with Crippen molar-refractivity contribution < 1.29 is 0 Å². The fraction of sp³-hybridized carbons (Fsp3) is 0.200. The van der Waals surface area contributed by atoms with Crippen LogP contribution in [0.25, 0.3) is 0 Å². The molecule has 0 saturated heterocycles. The monoisotopic (exact) mass is 221 g/mol. The lowest BCUT2D eigenvalue weighted by atomic mass is 10.2. The van der Waals surface area contributed by atoms with E-state index in [0.29, 0.717) is 12.2 Å². The summed E-state index contributed by atoms with van der Waals surface area (Å²) in [5.41, 5.74) is 7.17. The van der Waals surface area contributed by atoms with Crippen molar-refractivity contribution in [2.45, 2.75) is 13.5 Å². The third kappa shape index (κ3) is 2.07. The fourth-order valence-corrected chi connectivity index (χ4v) is 1.88. The Hall–Kier alpha value is -1.62. The molecule has 0 bridgehead atoms. The molecule has 2 rings (SSSR count). The molecule has 0 amide bonds. The predicted molar refractivity (Wildman–Crippen MR) is 61.1 cm³/mol. The average molecular weight is 221 g/mol. The van der Waals surface area contributed by atoms with Crippen LogP contribution >= 0.6 is 11.5 Å². The number of hydrogen-bond acceptors (Lipinski definition) is 4. The third-order valence-corrected chi connectivity index (χ3v) is 2.92. The zero-order chi connectivity index (χ0) is 10.8. The van der Waals surface area contributed by atoms with E-state index < -0.39 is 0 Å². The molecule has 0 aliphatic rings. The van der Waals surface area contributed by atoms with Crippen molar-refractivity contribution in [3.05, 3.63) is 45.3 Å². The van der Waals surface area contributed by atoms with Crippen molar-refractivity contribution in [3.8, 4) is 0 Å². The lowest BCUT2D eigenvalue weighted by Crippen LogP contribution is -2.20. The Balaban J connectivity index is 2.37. The second kappa shape index (κ2) is 3.86. The summed E-state index contributed by atoms with van der Waals surface area (Å²) in [6, 6.07) is 3.45. The minimum atomic E-state index is -0.0323. The van der Waals surface area contributed by atoms with Crippen molar-refractivity contribution in [2.75, 3.05) is 5.73 Å². The number of hydrogen-bond donors (Lipinski definition) is 1. The van der Waals surface area contributed by atoms with Crippen LogP contribution in [0.1, 0.15) is 10.4 Å². The van der Waals surface area contributed by atoms with Crippen LogP contribution in [-0.4, -0.2) is 8.94 Å². The summed E-state index contributed by atoms with van der Waals surface area (Å²) in [5, 5.41) is 0. The highest BCUT2D eigenvalue weighted by Gasteiger charge is 2.02. The normalized spacial score (nSPS) is 10.5. The van der Waals surface area contributed by atoms with E-state index in [1.54, 1.807) is 23.0 Å². The van der Waals surface area contributed by atoms with E-state index in [4.69, 9.17) is 5.73 Å². The van der Waals surface area contributed by atoms with E-state index in [1.807, 2.05) is 13.0 Å². The van der Waals surface area contributed by atoms with Gasteiger partial charge in [-0.1, -0.05) is 0 Å². The molecule has 0 spiro atoms. The van der Waals surface area contributed by atoms with Gasteiger partial charge in [-0.25, -0.2) is 4.37 Å². The third-order valence-electron chi connectivity index (χ3n) is 2.19. The highest BCUT2D eigenvalue weighted by molar-refractivity contribution is 7.05. The molecule has 2 N–H and O–H groups in total. The molecule has 2 heterocycles. The van der Waals surface area contributed by atoms with Crippen LogP contribution in [0.2, 0.25) is 0 Å². The van der Waals surface area contributed by atoms with E-state index in [9.17, 15) is 4.79 Å². The summed E-state index contributed by atoms with van der Waals surface area (Å²) >= 11 is 1.39. The summed E-state index contributed by atoms with van der Waals surface area (Å²) in [5.74, 6) is 0. The van der Waals surface area contributed by atoms with Crippen LogP contribution in [0.3, 0.4) is 0 Å². The highest BCUT2D eigenvalue weighted by atomic mass is 32.1. The topological polar surface area (TPSA) is 60.9 Å². The van der Waals surface area contributed by atoms with Gasteiger partial charge in [-0.15, -0.1) is 0 Å². The Morgan fingerprint density at radius 1 is 1.60 bits per heavy atom. The maximum atomic E-state index is 11.6. The molecule has 0 saturated carbocycles. The molecule has 2 aromatic heterocycles. The first kappa shape index (κ1) is 9.92. The minimum absolute atomic E-state index is 0.0323. The van der Waals surface area contributed by atoms with Crippen LogP contribution < -0.4 is 11.3 Å². The van der Waals surface area contributed by atoms with Gasteiger partial charge in [-0.3, -0.25) is 4.79 Å². The van der Waals surface area contributed by atoms with Gasteiger partial charge in [0.2, 0.25) is 0 Å². The van der Waals surface area contributed by atoms with E-state index in [-0.39, 0.29) is 5.56 Å². The molecule has 0 fully saturated rings. The van der Waals surface area contributed by atoms with Crippen molar-refractivity contribution in [1.82, 2.24) is 8.94 Å². The predicted octanol–water partition coefficient (Wildman–Crippen LogP) is 1.24. The Kier molecular flexibility index (Phi) is 2.55. The van der Waals surface area contributed by atoms with Crippen molar-refractivity contribution in [1.29, 1.82) is 0 Å². The van der Waals surface area contributed by atoms with Crippen LogP contribution in [0.4, 0.5) is 5.69 Å². The van der Waals surface area contributed by atoms with Gasteiger partial charge in [0.15, 0.2) is 0 Å². The molecule has 0 unspecified atom stereocenters. The maximum absolute atomic E-state index is 11.6. The van der Waals surface area contributed by atoms with Gasteiger partial charge in [0.05, 0.1) is 12.2 Å². The number of nitrogens with two attached hydrogens (primary N) is 1. The Morgan fingerprint density at radius 3 is 3.07 bits per heavy atom. The van der Waals surface area contributed by atoms with Gasteiger partial charge in [-0.05, 0) is 30.1 Å². The summed E-state index contributed by atoms with van der Waals surface area (Å²) in [6.45, 7) is 2.36. The maximum Gasteiger partial charge on any atom is 0.251 e. The first-order valence-corrected chi connectivity index (χ1v) is 5.30. The van der Waals surface area contributed by atoms with Gasteiger partial charge in [0.1, 0.15) is 0 Å². The van der Waals surface area contributed by atoms with E-state index >= 15 is 0 Å². The van der Waals surface area contributed by atoms with E-state index in [0.717, 1.165) is 10.4 Å². The van der Waals surface area contributed by atoms with Gasteiger partial charge in [0, 0.05) is 23.3 Å². The molecule has 2 aromatic rings. The lowest BCUT2D eigenvalue weighted by molar-refractivity contribution is 0.770. The number of anilines is 1. The van der Waals surface area contributed by atoms with Crippen LogP contribution in [-0.2, 0) is 6.54 Å². The van der Waals surface area contributed by atoms with E-state index in [1.165, 1.54) is 11.5 Å². The molecule has 0 atom stereocenters. The lowest BCUT2D eigenvalue weighted by Gasteiger charge is -2.06. The first-order valence-electron chi connectivity index (χ1n) is 4.53. The van der Waals surface area contributed by atoms with Crippen molar-refractivity contribution >= 4 is 17.2 Å². The number of rotatable bonds is 2. The molecular weight excluding hydrogens is 210 g/mol. The van der Waals surface area contributed by atoms with Gasteiger partial charge in [-0.2, -0.15) is 0 Å². The first-order chi connectivity index (χ1) is 7.16. The smallest absolute Gasteiger partial charge is 0.251 e. The van der Waals surface area contributed by atoms with Crippen LogP contribution in [0, 0.1) is 6.92 Å². The van der Waals surface area contributed by atoms with Gasteiger partial charge >= 0.3 is 0 Å². The fourth-order valence-electron chi connectivity index (χ4n) is 1.30. The molecule has 4 nitrogen and oxygen atoms in total. The molecule has 78 valence electrons. The summed E-state index contributed by atoms with van der Waals surface area (Å²) < 4.78 is 5.58. The minimum Gasteiger partial charge on any atom is -0.397 e. The molecule has 0 aromatic carbocycles. The zero-order valence-electron chi connectivity index (χ0n) is 8.30. The second-order valence-corrected chi connectivity index (χ2v) is 4.27. The molecule has 15 heavy (non-hydrogen) atoms. The summed E-state index contributed by atoms with van der Waals surface area (Å²) in [6.07, 6.45) is 3.40. The standard InChI is InChI=1S/C10H11N3OS/c1-7-4-10(14)13(6-9(7)11)5-8-2-3-12-15-8/h2-4,6H,5,11H2,1H3. The molecule has 0 radical (unpaired) electrons. The highest BCUT2D eigenvalue weighted by Crippen LogP contribution is 2.09.